The van der Waals surface area contributed by atoms with E-state index in [1.54, 1.807) is 28.0 Å². The van der Waals surface area contributed by atoms with Crippen LogP contribution in [0.15, 0.2) is 47.4 Å². The van der Waals surface area contributed by atoms with E-state index < -0.39 is 0 Å². The van der Waals surface area contributed by atoms with Gasteiger partial charge in [0.15, 0.2) is 5.13 Å². The number of aryl methyl sites for hydroxylation is 1. The van der Waals surface area contributed by atoms with Gasteiger partial charge < -0.3 is 4.74 Å². The molecule has 3 aromatic rings. The van der Waals surface area contributed by atoms with E-state index >= 15 is 0 Å². The lowest BCUT2D eigenvalue weighted by molar-refractivity contribution is 0.0917. The normalized spacial score (nSPS) is 16.7. The Balaban J connectivity index is 1.71. The van der Waals surface area contributed by atoms with Crippen molar-refractivity contribution in [2.45, 2.75) is 30.8 Å². The molecule has 1 saturated heterocycles. The molecular formula is C21H22N2O2S2. The van der Waals surface area contributed by atoms with Crippen LogP contribution in [-0.4, -0.2) is 36.4 Å². The van der Waals surface area contributed by atoms with Gasteiger partial charge in [-0.3, -0.25) is 9.69 Å². The Morgan fingerprint density at radius 1 is 1.33 bits per heavy atom. The number of anilines is 1. The summed E-state index contributed by atoms with van der Waals surface area (Å²) >= 11 is 3.28. The van der Waals surface area contributed by atoms with Gasteiger partial charge in [-0.2, -0.15) is 0 Å². The number of fused-ring (bicyclic) bond motifs is 1. The Morgan fingerprint density at radius 2 is 2.22 bits per heavy atom. The highest BCUT2D eigenvalue weighted by molar-refractivity contribution is 7.98. The van der Waals surface area contributed by atoms with Crippen LogP contribution in [0.3, 0.4) is 0 Å². The molecule has 6 heteroatoms. The summed E-state index contributed by atoms with van der Waals surface area (Å²) in [5, 5.41) is 0.741. The van der Waals surface area contributed by atoms with Crippen molar-refractivity contribution in [1.29, 1.82) is 0 Å². The van der Waals surface area contributed by atoms with E-state index in [1.807, 2.05) is 37.3 Å². The predicted octanol–water partition coefficient (Wildman–Crippen LogP) is 5.15. The molecule has 140 valence electrons. The maximum Gasteiger partial charge on any atom is 0.260 e. The number of benzene rings is 2. The zero-order chi connectivity index (χ0) is 18.8. The third kappa shape index (κ3) is 4.03. The van der Waals surface area contributed by atoms with Crippen LogP contribution in [0.25, 0.3) is 10.2 Å². The molecule has 0 radical (unpaired) electrons. The SMILES string of the molecule is CSc1ccc2nc(N(C[C@H]3CCCO3)C(=O)c3cccc(C)c3)sc2c1. The Labute approximate surface area is 167 Å². The van der Waals surface area contributed by atoms with Gasteiger partial charge in [-0.1, -0.05) is 29.0 Å². The molecule has 1 aromatic heterocycles. The van der Waals surface area contributed by atoms with Gasteiger partial charge in [-0.05, 0) is 56.4 Å². The quantitative estimate of drug-likeness (QED) is 0.557. The zero-order valence-corrected chi connectivity index (χ0v) is 17.1. The summed E-state index contributed by atoms with van der Waals surface area (Å²) in [6.07, 6.45) is 4.17. The third-order valence-electron chi connectivity index (χ3n) is 4.74. The van der Waals surface area contributed by atoms with Crippen molar-refractivity contribution in [3.05, 3.63) is 53.6 Å². The smallest absolute Gasteiger partial charge is 0.260 e. The van der Waals surface area contributed by atoms with Gasteiger partial charge >= 0.3 is 0 Å². The van der Waals surface area contributed by atoms with Crippen LogP contribution in [0.4, 0.5) is 5.13 Å². The first-order valence-electron chi connectivity index (χ1n) is 9.09. The Kier molecular flexibility index (Phi) is 5.48. The van der Waals surface area contributed by atoms with Gasteiger partial charge in [-0.15, -0.1) is 11.8 Å². The monoisotopic (exact) mass is 398 g/mol. The number of hydrogen-bond acceptors (Lipinski definition) is 5. The van der Waals surface area contributed by atoms with Gasteiger partial charge in [0, 0.05) is 17.1 Å². The van der Waals surface area contributed by atoms with Crippen LogP contribution in [-0.2, 0) is 4.74 Å². The van der Waals surface area contributed by atoms with E-state index in [2.05, 4.69) is 18.4 Å². The summed E-state index contributed by atoms with van der Waals surface area (Å²) in [6, 6.07) is 14.0. The highest BCUT2D eigenvalue weighted by Crippen LogP contribution is 2.33. The maximum atomic E-state index is 13.3. The van der Waals surface area contributed by atoms with Crippen LogP contribution < -0.4 is 4.90 Å². The number of carbonyl (C=O) groups excluding carboxylic acids is 1. The van der Waals surface area contributed by atoms with Crippen molar-refractivity contribution in [2.75, 3.05) is 24.3 Å². The number of amides is 1. The molecule has 1 fully saturated rings. The minimum Gasteiger partial charge on any atom is -0.376 e. The number of rotatable bonds is 5. The van der Waals surface area contributed by atoms with Crippen molar-refractivity contribution in [3.63, 3.8) is 0 Å². The van der Waals surface area contributed by atoms with E-state index in [-0.39, 0.29) is 12.0 Å². The first kappa shape index (κ1) is 18.5. The molecule has 0 spiro atoms. The number of hydrogen-bond donors (Lipinski definition) is 0. The van der Waals surface area contributed by atoms with E-state index in [4.69, 9.17) is 9.72 Å². The first-order valence-corrected chi connectivity index (χ1v) is 11.1. The summed E-state index contributed by atoms with van der Waals surface area (Å²) in [6.45, 7) is 3.32. The average Bonchev–Trinajstić information content (AvgIpc) is 3.34. The number of carbonyl (C=O) groups is 1. The zero-order valence-electron chi connectivity index (χ0n) is 15.5. The second kappa shape index (κ2) is 8.00. The third-order valence-corrected chi connectivity index (χ3v) is 6.50. The molecule has 1 atom stereocenters. The molecule has 0 saturated carbocycles. The predicted molar refractivity (Wildman–Crippen MR) is 113 cm³/mol. The number of aromatic nitrogens is 1. The molecule has 0 bridgehead atoms. The van der Waals surface area contributed by atoms with Crippen molar-refractivity contribution in [3.8, 4) is 0 Å². The lowest BCUT2D eigenvalue weighted by atomic mass is 10.1. The summed E-state index contributed by atoms with van der Waals surface area (Å²) < 4.78 is 6.91. The maximum absolute atomic E-state index is 13.3. The Hall–Kier alpha value is -1.89. The number of ether oxygens (including phenoxy) is 1. The summed E-state index contributed by atoms with van der Waals surface area (Å²) in [7, 11) is 0. The van der Waals surface area contributed by atoms with E-state index in [0.717, 1.165) is 40.4 Å². The second-order valence-corrected chi connectivity index (χ2v) is 8.64. The topological polar surface area (TPSA) is 42.4 Å². The number of nitrogens with zero attached hydrogens (tertiary/aromatic N) is 2. The molecule has 27 heavy (non-hydrogen) atoms. The van der Waals surface area contributed by atoms with E-state index in [9.17, 15) is 4.79 Å². The highest BCUT2D eigenvalue weighted by Gasteiger charge is 2.27. The van der Waals surface area contributed by atoms with Crippen LogP contribution in [0, 0.1) is 6.92 Å². The van der Waals surface area contributed by atoms with Crippen molar-refractivity contribution in [2.24, 2.45) is 0 Å². The van der Waals surface area contributed by atoms with Gasteiger partial charge in [0.1, 0.15) is 0 Å². The molecule has 1 aliphatic heterocycles. The fourth-order valence-corrected chi connectivity index (χ4v) is 4.84. The number of thioether (sulfide) groups is 1. The van der Waals surface area contributed by atoms with Crippen LogP contribution in [0.1, 0.15) is 28.8 Å². The average molecular weight is 399 g/mol. The Morgan fingerprint density at radius 3 is 2.96 bits per heavy atom. The molecular weight excluding hydrogens is 376 g/mol. The minimum absolute atomic E-state index is 0.0154. The molecule has 4 rings (SSSR count). The van der Waals surface area contributed by atoms with Gasteiger partial charge in [0.2, 0.25) is 0 Å². The molecule has 2 aromatic carbocycles. The van der Waals surface area contributed by atoms with Crippen molar-refractivity contribution < 1.29 is 9.53 Å². The van der Waals surface area contributed by atoms with Crippen molar-refractivity contribution >= 4 is 44.4 Å². The molecule has 0 aliphatic carbocycles. The van der Waals surface area contributed by atoms with Crippen LogP contribution in [0.2, 0.25) is 0 Å². The van der Waals surface area contributed by atoms with Crippen LogP contribution in [0.5, 0.6) is 0 Å². The largest absolute Gasteiger partial charge is 0.376 e. The summed E-state index contributed by atoms with van der Waals surface area (Å²) in [5.74, 6) is -0.0154. The van der Waals surface area contributed by atoms with E-state index in [0.29, 0.717) is 12.1 Å². The fourth-order valence-electron chi connectivity index (χ4n) is 3.31. The molecule has 4 nitrogen and oxygen atoms in total. The first-order chi connectivity index (χ1) is 13.1. The van der Waals surface area contributed by atoms with E-state index in [1.165, 1.54) is 4.90 Å². The molecule has 0 N–H and O–H groups in total. The van der Waals surface area contributed by atoms with Crippen LogP contribution >= 0.6 is 23.1 Å². The fraction of sp³-hybridized carbons (Fsp3) is 0.333. The lowest BCUT2D eigenvalue weighted by Crippen LogP contribution is -2.37. The van der Waals surface area contributed by atoms with Gasteiger partial charge in [0.25, 0.3) is 5.91 Å². The van der Waals surface area contributed by atoms with Crippen molar-refractivity contribution in [1.82, 2.24) is 4.98 Å². The summed E-state index contributed by atoms with van der Waals surface area (Å²) in [5.41, 5.74) is 2.70. The minimum atomic E-state index is -0.0154. The standard InChI is InChI=1S/C21H22N2O2S2/c1-14-5-3-6-15(11-14)20(24)23(13-16-7-4-10-25-16)21-22-18-9-8-17(26-2)12-19(18)27-21/h3,5-6,8-9,11-12,16H,4,7,10,13H2,1-2H3/t16-/m1/s1. The molecule has 1 amide bonds. The Bertz CT molecular complexity index is 964. The molecule has 2 heterocycles. The molecule has 0 unspecified atom stereocenters. The summed E-state index contributed by atoms with van der Waals surface area (Å²) in [4.78, 5) is 21.1. The number of thiazole rings is 1. The highest BCUT2D eigenvalue weighted by atomic mass is 32.2. The van der Waals surface area contributed by atoms with Gasteiger partial charge in [0.05, 0.1) is 22.9 Å². The second-order valence-electron chi connectivity index (χ2n) is 6.75. The lowest BCUT2D eigenvalue weighted by Gasteiger charge is -2.23. The molecule has 1 aliphatic rings. The van der Waals surface area contributed by atoms with Gasteiger partial charge in [-0.25, -0.2) is 4.98 Å².